The minimum atomic E-state index is -0.729. The maximum absolute atomic E-state index is 13.0. The van der Waals surface area contributed by atoms with Gasteiger partial charge in [-0.3, -0.25) is 19.7 Å². The lowest BCUT2D eigenvalue weighted by Gasteiger charge is -2.35. The number of rotatable bonds is 8. The number of nitrogens with one attached hydrogen (secondary N) is 2. The van der Waals surface area contributed by atoms with Gasteiger partial charge in [-0.25, -0.2) is 4.39 Å². The highest BCUT2D eigenvalue weighted by atomic mass is 19.1. The van der Waals surface area contributed by atoms with Crippen LogP contribution in [0.15, 0.2) is 53.1 Å². The van der Waals surface area contributed by atoms with E-state index in [1.165, 1.54) is 12.1 Å². The van der Waals surface area contributed by atoms with Gasteiger partial charge in [0.2, 0.25) is 29.4 Å². The molecule has 2 N–H and O–H groups in total. The number of imide groups is 1. The number of amides is 3. The third-order valence-corrected chi connectivity index (χ3v) is 6.16. The summed E-state index contributed by atoms with van der Waals surface area (Å²) in [5.74, 6) is -0.228. The third kappa shape index (κ3) is 5.03. The Morgan fingerprint density at radius 3 is 2.56 bits per heavy atom. The van der Waals surface area contributed by atoms with Gasteiger partial charge < -0.3 is 9.84 Å². The van der Waals surface area contributed by atoms with Crippen molar-refractivity contribution >= 4 is 23.4 Å². The van der Waals surface area contributed by atoms with Crippen molar-refractivity contribution in [3.8, 4) is 11.4 Å². The lowest BCUT2D eigenvalue weighted by atomic mass is 9.72. The minimum Gasteiger partial charge on any atom is -0.339 e. The average Bonchev–Trinajstić information content (AvgIpc) is 3.29. The summed E-state index contributed by atoms with van der Waals surface area (Å²) in [7, 11) is 0. The number of halogens is 1. The lowest BCUT2D eigenvalue weighted by Crippen LogP contribution is -2.51. The number of aromatic nitrogens is 2. The molecule has 2 heterocycles. The highest BCUT2D eigenvalue weighted by Gasteiger charge is 2.42. The fourth-order valence-electron chi connectivity index (χ4n) is 4.13. The average molecular weight is 464 g/mol. The van der Waals surface area contributed by atoms with Crippen LogP contribution in [0.2, 0.25) is 0 Å². The molecule has 1 aliphatic heterocycles. The van der Waals surface area contributed by atoms with Crippen LogP contribution in [0.3, 0.4) is 0 Å². The molecule has 3 aromatic rings. The Morgan fingerprint density at radius 2 is 1.88 bits per heavy atom. The Labute approximate surface area is 195 Å². The summed E-state index contributed by atoms with van der Waals surface area (Å²) in [5.41, 5.74) is 1.38. The Morgan fingerprint density at radius 1 is 1.15 bits per heavy atom. The number of hydrogen-bond donors (Lipinski definition) is 2. The van der Waals surface area contributed by atoms with E-state index in [4.69, 9.17) is 4.52 Å². The zero-order chi connectivity index (χ0) is 24.1. The maximum atomic E-state index is 13.0. The van der Waals surface area contributed by atoms with E-state index in [1.807, 2.05) is 19.1 Å². The van der Waals surface area contributed by atoms with Gasteiger partial charge in [0.05, 0.1) is 5.41 Å². The van der Waals surface area contributed by atoms with E-state index in [1.54, 1.807) is 24.3 Å². The molecule has 0 bridgehead atoms. The summed E-state index contributed by atoms with van der Waals surface area (Å²) in [6.07, 6.45) is 2.58. The van der Waals surface area contributed by atoms with Gasteiger partial charge in [-0.2, -0.15) is 4.98 Å². The molecule has 8 nitrogen and oxygen atoms in total. The Bertz CT molecular complexity index is 1190. The first kappa shape index (κ1) is 23.3. The fraction of sp³-hybridized carbons (Fsp3) is 0.320. The van der Waals surface area contributed by atoms with Gasteiger partial charge in [-0.15, -0.1) is 0 Å². The predicted octanol–water partition coefficient (Wildman–Crippen LogP) is 3.92. The third-order valence-electron chi connectivity index (χ3n) is 6.16. The number of benzene rings is 2. The fourth-order valence-corrected chi connectivity index (χ4v) is 4.13. The van der Waals surface area contributed by atoms with E-state index in [9.17, 15) is 18.8 Å². The molecule has 0 aliphatic carbocycles. The maximum Gasteiger partial charge on any atom is 0.237 e. The van der Waals surface area contributed by atoms with Crippen molar-refractivity contribution in [1.29, 1.82) is 0 Å². The monoisotopic (exact) mass is 464 g/mol. The predicted molar refractivity (Wildman–Crippen MR) is 122 cm³/mol. The molecule has 1 saturated heterocycles. The Kier molecular flexibility index (Phi) is 6.81. The molecule has 1 fully saturated rings. The number of carbonyl (C=O) groups is 3. The number of aryl methyl sites for hydroxylation is 1. The molecular formula is C25H25FN4O4. The summed E-state index contributed by atoms with van der Waals surface area (Å²) >= 11 is 0. The van der Waals surface area contributed by atoms with E-state index in [2.05, 4.69) is 20.8 Å². The van der Waals surface area contributed by atoms with Gasteiger partial charge in [0.15, 0.2) is 0 Å². The van der Waals surface area contributed by atoms with Gasteiger partial charge >= 0.3 is 0 Å². The van der Waals surface area contributed by atoms with Crippen molar-refractivity contribution in [2.24, 2.45) is 0 Å². The van der Waals surface area contributed by atoms with Crippen LogP contribution in [0.5, 0.6) is 0 Å². The van der Waals surface area contributed by atoms with Crippen LogP contribution >= 0.6 is 0 Å². The van der Waals surface area contributed by atoms with E-state index >= 15 is 0 Å². The van der Waals surface area contributed by atoms with Crippen molar-refractivity contribution in [2.45, 2.75) is 50.9 Å². The quantitative estimate of drug-likeness (QED) is 0.489. The zero-order valence-electron chi connectivity index (χ0n) is 18.8. The zero-order valence-corrected chi connectivity index (χ0v) is 18.8. The highest BCUT2D eigenvalue weighted by molar-refractivity contribution is 6.03. The van der Waals surface area contributed by atoms with Crippen molar-refractivity contribution < 1.29 is 23.3 Å². The second kappa shape index (κ2) is 9.94. The number of anilines is 1. The van der Waals surface area contributed by atoms with E-state index < -0.39 is 5.41 Å². The first-order valence-electron chi connectivity index (χ1n) is 11.2. The molecular weight excluding hydrogens is 439 g/mol. The summed E-state index contributed by atoms with van der Waals surface area (Å²) in [4.78, 5) is 40.7. The first-order valence-corrected chi connectivity index (χ1v) is 11.2. The van der Waals surface area contributed by atoms with Crippen LogP contribution in [0.4, 0.5) is 10.1 Å². The standard InChI is InChI=1S/C25H25FN4O4/c1-2-25(15-14-21(32)28-24(25)33)17-8-12-19(13-9-17)27-20(31)4-3-5-22-29-23(30-34-22)16-6-10-18(26)11-7-16/h6-13H,2-5,14-15H2,1H3,(H,27,31)(H,28,32,33). The Balaban J connectivity index is 1.29. The van der Waals surface area contributed by atoms with E-state index in [0.717, 1.165) is 5.56 Å². The van der Waals surface area contributed by atoms with Gasteiger partial charge in [0, 0.05) is 30.5 Å². The van der Waals surface area contributed by atoms with E-state index in [0.29, 0.717) is 55.1 Å². The van der Waals surface area contributed by atoms with Gasteiger partial charge in [-0.1, -0.05) is 24.2 Å². The molecule has 4 rings (SSSR count). The Hall–Kier alpha value is -3.88. The molecule has 3 amide bonds. The number of nitrogens with zero attached hydrogens (tertiary/aromatic N) is 2. The number of piperidine rings is 1. The first-order chi connectivity index (χ1) is 16.4. The molecule has 0 spiro atoms. The molecule has 34 heavy (non-hydrogen) atoms. The highest BCUT2D eigenvalue weighted by Crippen LogP contribution is 2.36. The van der Waals surface area contributed by atoms with Crippen LogP contribution in [0.1, 0.15) is 50.5 Å². The smallest absolute Gasteiger partial charge is 0.237 e. The molecule has 1 unspecified atom stereocenters. The molecule has 9 heteroatoms. The summed E-state index contributed by atoms with van der Waals surface area (Å²) in [6, 6.07) is 13.0. The SMILES string of the molecule is CCC1(c2ccc(NC(=O)CCCc3nc(-c4ccc(F)cc4)no3)cc2)CCC(=O)NC1=O. The van der Waals surface area contributed by atoms with Crippen molar-refractivity contribution in [2.75, 3.05) is 5.32 Å². The van der Waals surface area contributed by atoms with Crippen molar-refractivity contribution in [3.05, 3.63) is 65.8 Å². The van der Waals surface area contributed by atoms with Gasteiger partial charge in [0.25, 0.3) is 0 Å². The molecule has 1 aliphatic rings. The largest absolute Gasteiger partial charge is 0.339 e. The topological polar surface area (TPSA) is 114 Å². The number of hydrogen-bond acceptors (Lipinski definition) is 6. The lowest BCUT2D eigenvalue weighted by molar-refractivity contribution is -0.138. The second-order valence-corrected chi connectivity index (χ2v) is 8.31. The van der Waals surface area contributed by atoms with Gasteiger partial charge in [-0.05, 0) is 61.2 Å². The van der Waals surface area contributed by atoms with Gasteiger partial charge in [0.1, 0.15) is 5.82 Å². The second-order valence-electron chi connectivity index (χ2n) is 8.31. The molecule has 0 radical (unpaired) electrons. The van der Waals surface area contributed by atoms with Crippen LogP contribution in [-0.2, 0) is 26.2 Å². The van der Waals surface area contributed by atoms with Crippen molar-refractivity contribution in [3.63, 3.8) is 0 Å². The summed E-state index contributed by atoms with van der Waals surface area (Å²) in [5, 5.41) is 9.18. The van der Waals surface area contributed by atoms with Crippen LogP contribution in [0.25, 0.3) is 11.4 Å². The molecule has 0 saturated carbocycles. The van der Waals surface area contributed by atoms with Crippen molar-refractivity contribution in [1.82, 2.24) is 15.5 Å². The minimum absolute atomic E-state index is 0.155. The molecule has 1 atom stereocenters. The number of carbonyl (C=O) groups excluding carboxylic acids is 3. The summed E-state index contributed by atoms with van der Waals surface area (Å²) in [6.45, 7) is 1.93. The van der Waals surface area contributed by atoms with Crippen LogP contribution in [-0.4, -0.2) is 27.9 Å². The normalized spacial score (nSPS) is 17.9. The molecule has 1 aromatic heterocycles. The summed E-state index contributed by atoms with van der Waals surface area (Å²) < 4.78 is 18.3. The van der Waals surface area contributed by atoms with Crippen LogP contribution in [0, 0.1) is 5.82 Å². The van der Waals surface area contributed by atoms with Crippen LogP contribution < -0.4 is 10.6 Å². The molecule has 2 aromatic carbocycles. The molecule has 176 valence electrons. The van der Waals surface area contributed by atoms with E-state index in [-0.39, 0.29) is 30.0 Å².